The van der Waals surface area contributed by atoms with Crippen LogP contribution >= 0.6 is 0 Å². The maximum atomic E-state index is 12.4. The van der Waals surface area contributed by atoms with E-state index in [-0.39, 0.29) is 0 Å². The Bertz CT molecular complexity index is 1110. The number of aryl methyl sites for hydroxylation is 1. The molecule has 0 bridgehead atoms. The molecule has 0 atom stereocenters. The number of nitrogens with two attached hydrogens (primary N) is 1. The van der Waals surface area contributed by atoms with Gasteiger partial charge >= 0.3 is 0 Å². The Balaban J connectivity index is 1.86. The van der Waals surface area contributed by atoms with Gasteiger partial charge in [-0.15, -0.1) is 0 Å². The number of fused-ring (bicyclic) bond motifs is 1. The average Bonchev–Trinajstić information content (AvgIpc) is 3.26. The molecular weight excluding hydrogens is 454 g/mol. The number of ether oxygens (including phenoxy) is 3. The predicted octanol–water partition coefficient (Wildman–Crippen LogP) is 7.69. The molecular formula is C30H41NO5. The number of amides is 1. The fourth-order valence-corrected chi connectivity index (χ4v) is 4.77. The standard InChI is InChI=1S/C30H41NO5/c1-5-6-7-8-9-10-11-12-13-14-15-26-28(21-16-22(33-2)18-23(17-21)34-3)29-25(30(31)32)19-24(35-4)20-27(29)36-26/h16-20H,5-15H2,1-4H3,(H2,31,32). The Kier molecular flexibility index (Phi) is 10.5. The first kappa shape index (κ1) is 27.4. The van der Waals surface area contributed by atoms with Gasteiger partial charge in [0, 0.05) is 29.5 Å². The number of primary amides is 1. The van der Waals surface area contributed by atoms with Crippen LogP contribution in [-0.2, 0) is 6.42 Å². The van der Waals surface area contributed by atoms with Gasteiger partial charge in [0.05, 0.1) is 26.9 Å². The van der Waals surface area contributed by atoms with Crippen LogP contribution in [0.1, 0.15) is 87.3 Å². The summed E-state index contributed by atoms with van der Waals surface area (Å²) in [6, 6.07) is 9.18. The van der Waals surface area contributed by atoms with Crippen molar-refractivity contribution in [2.75, 3.05) is 21.3 Å². The van der Waals surface area contributed by atoms with Crippen LogP contribution in [0.5, 0.6) is 17.2 Å². The van der Waals surface area contributed by atoms with Gasteiger partial charge in [0.15, 0.2) is 0 Å². The Morgan fingerprint density at radius 1 is 0.750 bits per heavy atom. The highest BCUT2D eigenvalue weighted by molar-refractivity contribution is 6.12. The molecule has 0 aliphatic heterocycles. The molecule has 0 fully saturated rings. The molecule has 3 aromatic rings. The van der Waals surface area contributed by atoms with E-state index < -0.39 is 5.91 Å². The highest BCUT2D eigenvalue weighted by atomic mass is 16.5. The molecule has 0 spiro atoms. The molecule has 36 heavy (non-hydrogen) atoms. The van der Waals surface area contributed by atoms with Gasteiger partial charge in [-0.05, 0) is 30.2 Å². The van der Waals surface area contributed by atoms with E-state index in [4.69, 9.17) is 24.4 Å². The highest BCUT2D eigenvalue weighted by Crippen LogP contribution is 2.42. The summed E-state index contributed by atoms with van der Waals surface area (Å²) in [6.45, 7) is 2.25. The Hall–Kier alpha value is -3.15. The van der Waals surface area contributed by atoms with Crippen LogP contribution in [0.2, 0.25) is 0 Å². The first-order valence-corrected chi connectivity index (χ1v) is 13.2. The minimum absolute atomic E-state index is 0.374. The molecule has 2 aromatic carbocycles. The first-order chi connectivity index (χ1) is 17.5. The average molecular weight is 496 g/mol. The van der Waals surface area contributed by atoms with E-state index in [1.165, 1.54) is 51.4 Å². The summed E-state index contributed by atoms with van der Waals surface area (Å²) < 4.78 is 22.8. The van der Waals surface area contributed by atoms with Gasteiger partial charge in [-0.2, -0.15) is 0 Å². The van der Waals surface area contributed by atoms with Gasteiger partial charge in [-0.1, -0.05) is 64.7 Å². The summed E-state index contributed by atoms with van der Waals surface area (Å²) in [6.07, 6.45) is 13.4. The molecule has 3 rings (SSSR count). The molecule has 1 heterocycles. The van der Waals surface area contributed by atoms with Gasteiger partial charge in [-0.25, -0.2) is 0 Å². The summed E-state index contributed by atoms with van der Waals surface area (Å²) in [5, 5.41) is 0.695. The molecule has 0 saturated carbocycles. The zero-order valence-electron chi connectivity index (χ0n) is 22.3. The van der Waals surface area contributed by atoms with E-state index in [0.717, 1.165) is 36.1 Å². The second-order valence-corrected chi connectivity index (χ2v) is 9.35. The molecule has 6 nitrogen and oxygen atoms in total. The Morgan fingerprint density at radius 2 is 1.28 bits per heavy atom. The lowest BCUT2D eigenvalue weighted by atomic mass is 9.95. The van der Waals surface area contributed by atoms with Gasteiger partial charge in [0.25, 0.3) is 0 Å². The van der Waals surface area contributed by atoms with Crippen LogP contribution in [0, 0.1) is 0 Å². The minimum atomic E-state index is -0.527. The van der Waals surface area contributed by atoms with Crippen molar-refractivity contribution in [2.24, 2.45) is 5.73 Å². The van der Waals surface area contributed by atoms with Gasteiger partial charge in [0.2, 0.25) is 5.91 Å². The summed E-state index contributed by atoms with van der Waals surface area (Å²) in [4.78, 5) is 12.4. The maximum Gasteiger partial charge on any atom is 0.249 e. The number of hydrogen-bond donors (Lipinski definition) is 1. The van der Waals surface area contributed by atoms with Crippen LogP contribution in [0.3, 0.4) is 0 Å². The summed E-state index contributed by atoms with van der Waals surface area (Å²) in [7, 11) is 4.81. The van der Waals surface area contributed by atoms with Crippen LogP contribution < -0.4 is 19.9 Å². The molecule has 0 unspecified atom stereocenters. The molecule has 0 radical (unpaired) electrons. The maximum absolute atomic E-state index is 12.4. The van der Waals surface area contributed by atoms with Gasteiger partial charge in [-0.3, -0.25) is 4.79 Å². The number of unbranched alkanes of at least 4 members (excludes halogenated alkanes) is 9. The van der Waals surface area contributed by atoms with E-state index in [1.54, 1.807) is 27.4 Å². The lowest BCUT2D eigenvalue weighted by Crippen LogP contribution is -2.11. The number of carbonyl (C=O) groups excluding carboxylic acids is 1. The van der Waals surface area contributed by atoms with E-state index in [0.29, 0.717) is 33.8 Å². The number of rotatable bonds is 16. The van der Waals surface area contributed by atoms with Crippen molar-refractivity contribution >= 4 is 16.9 Å². The van der Waals surface area contributed by atoms with Crippen molar-refractivity contribution in [3.05, 3.63) is 41.7 Å². The van der Waals surface area contributed by atoms with Crippen molar-refractivity contribution in [1.82, 2.24) is 0 Å². The summed E-state index contributed by atoms with van der Waals surface area (Å²) in [5.41, 5.74) is 8.47. The second-order valence-electron chi connectivity index (χ2n) is 9.35. The topological polar surface area (TPSA) is 83.9 Å². The van der Waals surface area contributed by atoms with Crippen molar-refractivity contribution in [3.8, 4) is 28.4 Å². The van der Waals surface area contributed by atoms with Crippen LogP contribution in [0.25, 0.3) is 22.1 Å². The molecule has 1 amide bonds. The molecule has 0 aliphatic carbocycles. The van der Waals surface area contributed by atoms with E-state index >= 15 is 0 Å². The zero-order valence-corrected chi connectivity index (χ0v) is 22.3. The number of carbonyl (C=O) groups is 1. The van der Waals surface area contributed by atoms with E-state index in [1.807, 2.05) is 24.3 Å². The quantitative estimate of drug-likeness (QED) is 0.206. The third kappa shape index (κ3) is 6.96. The number of furan rings is 1. The molecule has 1 aromatic heterocycles. The third-order valence-electron chi connectivity index (χ3n) is 6.74. The van der Waals surface area contributed by atoms with Crippen LogP contribution in [0.15, 0.2) is 34.7 Å². The fraction of sp³-hybridized carbons (Fsp3) is 0.500. The molecule has 6 heteroatoms. The zero-order chi connectivity index (χ0) is 25.9. The lowest BCUT2D eigenvalue weighted by Gasteiger charge is -2.11. The van der Waals surface area contributed by atoms with Gasteiger partial charge < -0.3 is 24.4 Å². The van der Waals surface area contributed by atoms with Crippen LogP contribution in [0.4, 0.5) is 0 Å². The second kappa shape index (κ2) is 13.8. The largest absolute Gasteiger partial charge is 0.497 e. The molecule has 196 valence electrons. The number of methoxy groups -OCH3 is 3. The van der Waals surface area contributed by atoms with Crippen molar-refractivity contribution < 1.29 is 23.4 Å². The molecule has 0 aliphatic rings. The number of benzene rings is 2. The third-order valence-corrected chi connectivity index (χ3v) is 6.74. The van der Waals surface area contributed by atoms with Crippen molar-refractivity contribution in [1.29, 1.82) is 0 Å². The number of hydrogen-bond acceptors (Lipinski definition) is 5. The Morgan fingerprint density at radius 3 is 1.81 bits per heavy atom. The van der Waals surface area contributed by atoms with Gasteiger partial charge in [0.1, 0.15) is 28.6 Å². The molecule has 2 N–H and O–H groups in total. The van der Waals surface area contributed by atoms with Crippen LogP contribution in [-0.4, -0.2) is 27.2 Å². The summed E-state index contributed by atoms with van der Waals surface area (Å²) in [5.74, 6) is 2.16. The normalized spacial score (nSPS) is 11.1. The monoisotopic (exact) mass is 495 g/mol. The van der Waals surface area contributed by atoms with Crippen molar-refractivity contribution in [2.45, 2.75) is 77.6 Å². The lowest BCUT2D eigenvalue weighted by molar-refractivity contribution is 0.100. The van der Waals surface area contributed by atoms with Crippen molar-refractivity contribution in [3.63, 3.8) is 0 Å². The highest BCUT2D eigenvalue weighted by Gasteiger charge is 2.23. The summed E-state index contributed by atoms with van der Waals surface area (Å²) >= 11 is 0. The fourth-order valence-electron chi connectivity index (χ4n) is 4.77. The SMILES string of the molecule is CCCCCCCCCCCCc1oc2cc(OC)cc(C(N)=O)c2c1-c1cc(OC)cc(OC)c1. The smallest absolute Gasteiger partial charge is 0.249 e. The predicted molar refractivity (Wildman–Crippen MR) is 145 cm³/mol. The first-order valence-electron chi connectivity index (χ1n) is 13.2. The Labute approximate surface area is 215 Å². The minimum Gasteiger partial charge on any atom is -0.497 e. The van der Waals surface area contributed by atoms with E-state index in [9.17, 15) is 4.79 Å². The molecule has 0 saturated heterocycles. The van der Waals surface area contributed by atoms with E-state index in [2.05, 4.69) is 6.92 Å².